The van der Waals surface area contributed by atoms with Gasteiger partial charge in [-0.25, -0.2) is 4.98 Å². The monoisotopic (exact) mass is 440 g/mol. The summed E-state index contributed by atoms with van der Waals surface area (Å²) in [6.45, 7) is 1.87. The van der Waals surface area contributed by atoms with Crippen LogP contribution in [0.3, 0.4) is 0 Å². The van der Waals surface area contributed by atoms with Crippen LogP contribution in [0.1, 0.15) is 34.8 Å². The van der Waals surface area contributed by atoms with Gasteiger partial charge >= 0.3 is 0 Å². The normalized spacial score (nSPS) is 15.5. The average Bonchev–Trinajstić information content (AvgIpc) is 2.82. The van der Waals surface area contributed by atoms with Gasteiger partial charge in [-0.3, -0.25) is 4.79 Å². The van der Waals surface area contributed by atoms with Crippen molar-refractivity contribution in [2.24, 2.45) is 0 Å². The summed E-state index contributed by atoms with van der Waals surface area (Å²) in [5.74, 6) is -0.652. The Morgan fingerprint density at radius 3 is 2.67 bits per heavy atom. The Kier molecular flexibility index (Phi) is 5.23. The molecular weight excluding hydrogens is 416 g/mol. The van der Waals surface area contributed by atoms with E-state index in [1.807, 2.05) is 55.5 Å². The number of carbonyl (C=O) groups is 1. The molecule has 0 radical (unpaired) electrons. The lowest BCUT2D eigenvalue weighted by Gasteiger charge is -2.35. The number of aliphatic hydroxyl groups is 1. The van der Waals surface area contributed by atoms with Gasteiger partial charge < -0.3 is 20.2 Å². The van der Waals surface area contributed by atoms with E-state index in [1.165, 1.54) is 18.2 Å². The lowest BCUT2D eigenvalue weighted by molar-refractivity contribution is 0.0972. The Morgan fingerprint density at radius 2 is 1.88 bits per heavy atom. The van der Waals surface area contributed by atoms with Crippen molar-refractivity contribution in [1.82, 2.24) is 4.98 Å². The molecule has 33 heavy (non-hydrogen) atoms. The summed E-state index contributed by atoms with van der Waals surface area (Å²) in [6, 6.07) is 19.6. The van der Waals surface area contributed by atoms with Gasteiger partial charge in [0.05, 0.1) is 23.4 Å². The second-order valence-corrected chi connectivity index (χ2v) is 8.45. The van der Waals surface area contributed by atoms with Gasteiger partial charge in [0.25, 0.3) is 5.91 Å². The molecule has 0 fully saturated rings. The first-order chi connectivity index (χ1) is 16.0. The quantitative estimate of drug-likeness (QED) is 0.426. The second kappa shape index (κ2) is 8.22. The number of phenolic OH excluding ortho intramolecular Hbond substituents is 2. The number of carbonyl (C=O) groups excluding carboxylic acids is 1. The van der Waals surface area contributed by atoms with E-state index in [2.05, 4.69) is 0 Å². The first kappa shape index (κ1) is 21.0. The van der Waals surface area contributed by atoms with Gasteiger partial charge in [-0.05, 0) is 61.7 Å². The van der Waals surface area contributed by atoms with Crippen molar-refractivity contribution in [3.63, 3.8) is 0 Å². The summed E-state index contributed by atoms with van der Waals surface area (Å²) >= 11 is 0. The molecule has 0 aliphatic carbocycles. The Labute approximate surface area is 191 Å². The SMILES string of the molecule is C[C@H]1CCc2cc(-c3nc4ccccc4cc3CO)ccc2N1C(=O)c1ccc(O)cc1O. The Bertz CT molecular complexity index is 1380. The minimum atomic E-state index is -0.312. The van der Waals surface area contributed by atoms with Crippen LogP contribution in [-0.2, 0) is 13.0 Å². The van der Waals surface area contributed by atoms with Crippen molar-refractivity contribution in [2.75, 3.05) is 4.90 Å². The molecule has 2 heterocycles. The van der Waals surface area contributed by atoms with Crippen molar-refractivity contribution < 1.29 is 20.1 Å². The van der Waals surface area contributed by atoms with E-state index in [9.17, 15) is 20.1 Å². The van der Waals surface area contributed by atoms with Crippen LogP contribution in [0.15, 0.2) is 66.7 Å². The minimum absolute atomic E-state index is 0.0455. The van der Waals surface area contributed by atoms with Crippen molar-refractivity contribution in [2.45, 2.75) is 32.4 Å². The first-order valence-electron chi connectivity index (χ1n) is 10.9. The van der Waals surface area contributed by atoms with Crippen LogP contribution in [0.2, 0.25) is 0 Å². The lowest BCUT2D eigenvalue weighted by Crippen LogP contribution is -2.42. The van der Waals surface area contributed by atoms with Crippen molar-refractivity contribution in [1.29, 1.82) is 0 Å². The highest BCUT2D eigenvalue weighted by atomic mass is 16.3. The zero-order chi connectivity index (χ0) is 23.1. The fourth-order valence-electron chi connectivity index (χ4n) is 4.57. The number of rotatable bonds is 3. The molecule has 1 aliphatic heterocycles. The van der Waals surface area contributed by atoms with E-state index >= 15 is 0 Å². The minimum Gasteiger partial charge on any atom is -0.508 e. The summed E-state index contributed by atoms with van der Waals surface area (Å²) in [6.07, 6.45) is 1.58. The van der Waals surface area contributed by atoms with Crippen LogP contribution in [0, 0.1) is 0 Å². The van der Waals surface area contributed by atoms with Gasteiger partial charge in [-0.2, -0.15) is 0 Å². The Balaban J connectivity index is 1.58. The van der Waals surface area contributed by atoms with Gasteiger partial charge in [0, 0.05) is 34.3 Å². The number of para-hydroxylation sites is 1. The van der Waals surface area contributed by atoms with Crippen LogP contribution in [0.4, 0.5) is 5.69 Å². The van der Waals surface area contributed by atoms with Crippen molar-refractivity contribution in [3.8, 4) is 22.8 Å². The van der Waals surface area contributed by atoms with Crippen LogP contribution < -0.4 is 4.90 Å². The average molecular weight is 440 g/mol. The molecule has 1 atom stereocenters. The topological polar surface area (TPSA) is 93.9 Å². The third-order valence-electron chi connectivity index (χ3n) is 6.29. The largest absolute Gasteiger partial charge is 0.508 e. The molecule has 0 unspecified atom stereocenters. The van der Waals surface area contributed by atoms with Gasteiger partial charge in [-0.15, -0.1) is 0 Å². The summed E-state index contributed by atoms with van der Waals surface area (Å²) in [5.41, 5.74) is 5.17. The van der Waals surface area contributed by atoms with Crippen molar-refractivity contribution >= 4 is 22.5 Å². The van der Waals surface area contributed by atoms with E-state index < -0.39 is 0 Å². The number of anilines is 1. The predicted octanol–water partition coefficient (Wildman–Crippen LogP) is 4.79. The number of nitrogens with zero attached hydrogens (tertiary/aromatic N) is 2. The molecule has 1 aliphatic rings. The molecule has 0 saturated carbocycles. The number of pyridine rings is 1. The number of hydrogen-bond donors (Lipinski definition) is 3. The van der Waals surface area contributed by atoms with E-state index in [-0.39, 0.29) is 35.6 Å². The molecule has 0 bridgehead atoms. The third-order valence-corrected chi connectivity index (χ3v) is 6.29. The maximum absolute atomic E-state index is 13.3. The van der Waals surface area contributed by atoms with E-state index in [1.54, 1.807) is 4.90 Å². The van der Waals surface area contributed by atoms with Crippen LogP contribution >= 0.6 is 0 Å². The standard InChI is InChI=1S/C27H24N2O4/c1-16-6-7-18-13-19(26-20(15-30)12-17-4-2-3-5-23(17)28-26)8-11-24(18)29(16)27(33)22-10-9-21(31)14-25(22)32/h2-5,8-14,16,30-32H,6-7,15H2,1H3/t16-/m0/s1. The molecule has 0 saturated heterocycles. The molecule has 6 nitrogen and oxygen atoms in total. The highest BCUT2D eigenvalue weighted by molar-refractivity contribution is 6.09. The fourth-order valence-corrected chi connectivity index (χ4v) is 4.57. The third kappa shape index (κ3) is 3.68. The van der Waals surface area contributed by atoms with E-state index in [0.717, 1.165) is 51.8 Å². The molecule has 6 heteroatoms. The molecule has 3 N–H and O–H groups in total. The highest BCUT2D eigenvalue weighted by Crippen LogP contribution is 2.37. The van der Waals surface area contributed by atoms with Crippen molar-refractivity contribution in [3.05, 3.63) is 83.4 Å². The Hall–Kier alpha value is -3.90. The molecule has 3 aromatic carbocycles. The molecule has 4 aromatic rings. The number of aliphatic hydroxyl groups excluding tert-OH is 1. The second-order valence-electron chi connectivity index (χ2n) is 8.45. The number of fused-ring (bicyclic) bond motifs is 2. The van der Waals surface area contributed by atoms with Gasteiger partial charge in [-0.1, -0.05) is 24.3 Å². The number of aromatic nitrogens is 1. The number of hydrogen-bond acceptors (Lipinski definition) is 5. The molecular formula is C27H24N2O4. The fraction of sp³-hybridized carbons (Fsp3) is 0.185. The van der Waals surface area contributed by atoms with Gasteiger partial charge in [0.1, 0.15) is 11.5 Å². The number of benzene rings is 3. The summed E-state index contributed by atoms with van der Waals surface area (Å²) < 4.78 is 0. The van der Waals surface area contributed by atoms with Crippen LogP contribution in [0.5, 0.6) is 11.5 Å². The zero-order valence-corrected chi connectivity index (χ0v) is 18.2. The summed E-state index contributed by atoms with van der Waals surface area (Å²) in [5, 5.41) is 30.7. The summed E-state index contributed by atoms with van der Waals surface area (Å²) in [4.78, 5) is 19.9. The van der Waals surface area contributed by atoms with Gasteiger partial charge in [0.15, 0.2) is 0 Å². The first-order valence-corrected chi connectivity index (χ1v) is 10.9. The lowest BCUT2D eigenvalue weighted by atomic mass is 9.92. The Morgan fingerprint density at radius 1 is 1.06 bits per heavy atom. The smallest absolute Gasteiger partial charge is 0.262 e. The molecule has 5 rings (SSSR count). The molecule has 1 aromatic heterocycles. The van der Waals surface area contributed by atoms with E-state index in [0.29, 0.717) is 0 Å². The molecule has 1 amide bonds. The molecule has 166 valence electrons. The van der Waals surface area contributed by atoms with Gasteiger partial charge in [0.2, 0.25) is 0 Å². The predicted molar refractivity (Wildman–Crippen MR) is 127 cm³/mol. The number of aryl methyl sites for hydroxylation is 1. The molecule has 0 spiro atoms. The highest BCUT2D eigenvalue weighted by Gasteiger charge is 2.30. The zero-order valence-electron chi connectivity index (χ0n) is 18.2. The number of aromatic hydroxyl groups is 2. The number of amides is 1. The van der Waals surface area contributed by atoms with Crippen LogP contribution in [-0.4, -0.2) is 32.3 Å². The summed E-state index contributed by atoms with van der Waals surface area (Å²) in [7, 11) is 0. The van der Waals surface area contributed by atoms with E-state index in [4.69, 9.17) is 4.98 Å². The maximum Gasteiger partial charge on any atom is 0.262 e. The van der Waals surface area contributed by atoms with Crippen LogP contribution in [0.25, 0.3) is 22.2 Å². The maximum atomic E-state index is 13.3. The number of phenols is 2.